The Balaban J connectivity index is 0.00000338. The Kier molecular flexibility index (Phi) is 11.1. The topological polar surface area (TPSA) is 72.7 Å². The van der Waals surface area contributed by atoms with Gasteiger partial charge in [0, 0.05) is 51.7 Å². The number of nitrogens with zero attached hydrogens (tertiary/aromatic N) is 3. The number of hydrogen-bond donors (Lipinski definition) is 2. The predicted octanol–water partition coefficient (Wildman–Crippen LogP) is 2.25. The number of aliphatic imine (C=N–C) groups is 1. The zero-order valence-electron chi connectivity index (χ0n) is 16.5. The first kappa shape index (κ1) is 23.2. The van der Waals surface area contributed by atoms with E-state index in [-0.39, 0.29) is 24.0 Å². The molecular weight excluding hydrogens is 445 g/mol. The van der Waals surface area contributed by atoms with Gasteiger partial charge < -0.3 is 20.1 Å². The molecule has 26 heavy (non-hydrogen) atoms. The van der Waals surface area contributed by atoms with E-state index in [9.17, 15) is 0 Å². The molecule has 7 nitrogen and oxygen atoms in total. The fourth-order valence-corrected chi connectivity index (χ4v) is 2.69. The van der Waals surface area contributed by atoms with Gasteiger partial charge in [-0.2, -0.15) is 5.10 Å². The molecule has 0 bridgehead atoms. The molecule has 1 saturated carbocycles. The van der Waals surface area contributed by atoms with Crippen molar-refractivity contribution in [1.29, 1.82) is 0 Å². The summed E-state index contributed by atoms with van der Waals surface area (Å²) in [6, 6.07) is 0. The van der Waals surface area contributed by atoms with Crippen LogP contribution < -0.4 is 10.6 Å². The summed E-state index contributed by atoms with van der Waals surface area (Å²) in [5, 5.41) is 11.3. The van der Waals surface area contributed by atoms with Gasteiger partial charge in [-0.3, -0.25) is 9.67 Å². The molecule has 0 amide bonds. The van der Waals surface area contributed by atoms with E-state index < -0.39 is 0 Å². The van der Waals surface area contributed by atoms with Crippen molar-refractivity contribution in [3.05, 3.63) is 17.0 Å². The molecule has 0 saturated heterocycles. The molecule has 1 aliphatic rings. The van der Waals surface area contributed by atoms with Crippen LogP contribution in [0.3, 0.4) is 0 Å². The highest BCUT2D eigenvalue weighted by Crippen LogP contribution is 2.28. The number of aryl methyl sites for hydroxylation is 1. The summed E-state index contributed by atoms with van der Waals surface area (Å²) >= 11 is 0. The second-order valence-corrected chi connectivity index (χ2v) is 6.59. The summed E-state index contributed by atoms with van der Waals surface area (Å²) in [4.78, 5) is 4.28. The van der Waals surface area contributed by atoms with Crippen molar-refractivity contribution in [2.75, 3.05) is 40.5 Å². The second-order valence-electron chi connectivity index (χ2n) is 6.59. The fourth-order valence-electron chi connectivity index (χ4n) is 2.69. The lowest BCUT2D eigenvalue weighted by atomic mass is 10.2. The summed E-state index contributed by atoms with van der Waals surface area (Å²) in [7, 11) is 3.50. The van der Waals surface area contributed by atoms with Crippen LogP contribution in [-0.2, 0) is 22.6 Å². The third-order valence-electron chi connectivity index (χ3n) is 4.50. The van der Waals surface area contributed by atoms with Crippen LogP contribution in [-0.4, -0.2) is 56.3 Å². The Labute approximate surface area is 174 Å². The Hall–Kier alpha value is -0.870. The molecule has 0 unspecified atom stereocenters. The lowest BCUT2D eigenvalue weighted by Crippen LogP contribution is -2.37. The number of hydrogen-bond acceptors (Lipinski definition) is 4. The van der Waals surface area contributed by atoms with Crippen LogP contribution in [0.5, 0.6) is 0 Å². The van der Waals surface area contributed by atoms with Crippen LogP contribution in [0.1, 0.15) is 36.2 Å². The summed E-state index contributed by atoms with van der Waals surface area (Å²) in [6.45, 7) is 8.89. The zero-order valence-corrected chi connectivity index (χ0v) is 18.8. The first-order valence-corrected chi connectivity index (χ1v) is 9.19. The molecular formula is C18H34IN5O2. The first-order valence-electron chi connectivity index (χ1n) is 9.19. The lowest BCUT2D eigenvalue weighted by molar-refractivity contribution is 0.123. The van der Waals surface area contributed by atoms with Gasteiger partial charge in [-0.25, -0.2) is 0 Å². The molecule has 1 fully saturated rings. The van der Waals surface area contributed by atoms with Crippen molar-refractivity contribution in [3.63, 3.8) is 0 Å². The molecule has 0 aliphatic heterocycles. The molecule has 0 radical (unpaired) electrons. The van der Waals surface area contributed by atoms with Crippen LogP contribution in [0.25, 0.3) is 0 Å². The Morgan fingerprint density at radius 3 is 2.69 bits per heavy atom. The summed E-state index contributed by atoms with van der Waals surface area (Å²) in [6.07, 6.45) is 3.67. The normalized spacial score (nSPS) is 14.2. The van der Waals surface area contributed by atoms with Crippen LogP contribution in [0.15, 0.2) is 4.99 Å². The third kappa shape index (κ3) is 7.79. The van der Waals surface area contributed by atoms with Crippen molar-refractivity contribution >= 4 is 29.9 Å². The van der Waals surface area contributed by atoms with Crippen molar-refractivity contribution in [2.45, 2.75) is 46.2 Å². The second kappa shape index (κ2) is 12.5. The summed E-state index contributed by atoms with van der Waals surface area (Å²) in [5.41, 5.74) is 3.43. The van der Waals surface area contributed by atoms with Gasteiger partial charge in [0.25, 0.3) is 0 Å². The van der Waals surface area contributed by atoms with Gasteiger partial charge >= 0.3 is 0 Å². The van der Waals surface area contributed by atoms with Crippen molar-refractivity contribution in [2.24, 2.45) is 10.9 Å². The average Bonchev–Trinajstić information content (AvgIpc) is 3.39. The highest BCUT2D eigenvalue weighted by Gasteiger charge is 2.20. The summed E-state index contributed by atoms with van der Waals surface area (Å²) in [5.74, 6) is 1.64. The van der Waals surface area contributed by atoms with E-state index >= 15 is 0 Å². The third-order valence-corrected chi connectivity index (χ3v) is 4.50. The largest absolute Gasteiger partial charge is 0.383 e. The molecule has 1 heterocycles. The van der Waals surface area contributed by atoms with Gasteiger partial charge in [-0.1, -0.05) is 0 Å². The molecule has 1 aromatic rings. The Morgan fingerprint density at radius 2 is 2.04 bits per heavy atom. The number of ether oxygens (including phenoxy) is 2. The van der Waals surface area contributed by atoms with E-state index in [0.717, 1.165) is 50.3 Å². The molecule has 0 atom stereocenters. The van der Waals surface area contributed by atoms with Crippen LogP contribution in [0.2, 0.25) is 0 Å². The van der Waals surface area contributed by atoms with Gasteiger partial charge in [0.2, 0.25) is 0 Å². The molecule has 1 aromatic heterocycles. The van der Waals surface area contributed by atoms with E-state index in [2.05, 4.69) is 27.6 Å². The van der Waals surface area contributed by atoms with Crippen molar-refractivity contribution in [1.82, 2.24) is 20.4 Å². The number of guanidine groups is 1. The molecule has 150 valence electrons. The number of halogens is 1. The highest BCUT2D eigenvalue weighted by molar-refractivity contribution is 14.0. The number of rotatable bonds is 11. The Morgan fingerprint density at radius 1 is 1.27 bits per heavy atom. The molecule has 2 rings (SSSR count). The maximum absolute atomic E-state index is 5.65. The van der Waals surface area contributed by atoms with Gasteiger partial charge in [0.15, 0.2) is 5.96 Å². The van der Waals surface area contributed by atoms with Gasteiger partial charge in [-0.05, 0) is 39.0 Å². The minimum absolute atomic E-state index is 0. The maximum atomic E-state index is 5.65. The number of aromatic nitrogens is 2. The van der Waals surface area contributed by atoms with E-state index in [1.54, 1.807) is 14.2 Å². The monoisotopic (exact) mass is 479 g/mol. The Bertz CT molecular complexity index is 558. The molecule has 2 N–H and O–H groups in total. The van der Waals surface area contributed by atoms with Crippen LogP contribution in [0, 0.1) is 19.8 Å². The predicted molar refractivity (Wildman–Crippen MR) is 115 cm³/mol. The van der Waals surface area contributed by atoms with E-state index in [1.807, 2.05) is 11.6 Å². The molecule has 0 aromatic carbocycles. The standard InChI is InChI=1S/C18H33N5O2.HI/c1-14-17(15(2)23(22-14)9-11-24-4)12-21-18(19-3)20-8-5-10-25-13-16-6-7-16;/h16H,5-13H2,1-4H3,(H2,19,20,21);1H. The minimum Gasteiger partial charge on any atom is -0.383 e. The smallest absolute Gasteiger partial charge is 0.191 e. The lowest BCUT2D eigenvalue weighted by Gasteiger charge is -2.12. The van der Waals surface area contributed by atoms with E-state index in [1.165, 1.54) is 24.1 Å². The zero-order chi connectivity index (χ0) is 18.1. The van der Waals surface area contributed by atoms with E-state index in [4.69, 9.17) is 9.47 Å². The molecule has 1 aliphatic carbocycles. The molecule has 0 spiro atoms. The average molecular weight is 479 g/mol. The van der Waals surface area contributed by atoms with Crippen LogP contribution in [0.4, 0.5) is 0 Å². The van der Waals surface area contributed by atoms with Gasteiger partial charge in [-0.15, -0.1) is 24.0 Å². The molecule has 8 heteroatoms. The van der Waals surface area contributed by atoms with Gasteiger partial charge in [0.1, 0.15) is 0 Å². The highest BCUT2D eigenvalue weighted by atomic mass is 127. The maximum Gasteiger partial charge on any atom is 0.191 e. The summed E-state index contributed by atoms with van der Waals surface area (Å²) < 4.78 is 12.8. The SMILES string of the molecule is CN=C(NCCCOCC1CC1)NCc1c(C)nn(CCOC)c1C.I. The van der Waals surface area contributed by atoms with Crippen molar-refractivity contribution in [3.8, 4) is 0 Å². The van der Waals surface area contributed by atoms with Gasteiger partial charge in [0.05, 0.1) is 18.8 Å². The van der Waals surface area contributed by atoms with Crippen LogP contribution >= 0.6 is 24.0 Å². The minimum atomic E-state index is 0. The number of methoxy groups -OCH3 is 1. The van der Waals surface area contributed by atoms with E-state index in [0.29, 0.717) is 13.2 Å². The quantitative estimate of drug-likeness (QED) is 0.221. The number of nitrogens with one attached hydrogen (secondary N) is 2. The fraction of sp³-hybridized carbons (Fsp3) is 0.778. The van der Waals surface area contributed by atoms with Crippen molar-refractivity contribution < 1.29 is 9.47 Å². The first-order chi connectivity index (χ1) is 12.2.